The van der Waals surface area contributed by atoms with Crippen LogP contribution >= 0.6 is 23.2 Å². The van der Waals surface area contributed by atoms with Crippen LogP contribution in [-0.2, 0) is 11.3 Å². The molecule has 2 aromatic rings. The van der Waals surface area contributed by atoms with E-state index < -0.39 is 6.04 Å². The number of nitrogens with zero attached hydrogens (tertiary/aromatic N) is 2. The van der Waals surface area contributed by atoms with Crippen LogP contribution in [0, 0.1) is 17.1 Å². The van der Waals surface area contributed by atoms with Crippen LogP contribution in [0.5, 0.6) is 0 Å². The van der Waals surface area contributed by atoms with E-state index in [1.807, 2.05) is 11.0 Å². The number of rotatable bonds is 4. The molecule has 1 fully saturated rings. The molecule has 2 aromatic carbocycles. The zero-order chi connectivity index (χ0) is 18.7. The average molecular weight is 392 g/mol. The second-order valence-electron chi connectivity index (χ2n) is 6.16. The Morgan fingerprint density at radius 2 is 2.12 bits per heavy atom. The van der Waals surface area contributed by atoms with Gasteiger partial charge in [0.15, 0.2) is 0 Å². The van der Waals surface area contributed by atoms with Gasteiger partial charge in [0.2, 0.25) is 5.91 Å². The summed E-state index contributed by atoms with van der Waals surface area (Å²) in [5, 5.41) is 12.7. The van der Waals surface area contributed by atoms with Crippen LogP contribution in [0.15, 0.2) is 36.4 Å². The van der Waals surface area contributed by atoms with Gasteiger partial charge < -0.3 is 5.32 Å². The quantitative estimate of drug-likeness (QED) is 0.827. The molecule has 134 valence electrons. The maximum atomic E-state index is 14.1. The van der Waals surface area contributed by atoms with E-state index in [2.05, 4.69) is 5.32 Å². The average Bonchev–Trinajstić information content (AvgIpc) is 3.08. The molecule has 3 rings (SSSR count). The molecule has 1 amide bonds. The summed E-state index contributed by atoms with van der Waals surface area (Å²) in [4.78, 5) is 14.6. The van der Waals surface area contributed by atoms with Crippen molar-refractivity contribution in [1.29, 1.82) is 5.26 Å². The SMILES string of the molecule is N#Cc1ccc(F)c(CN2CCC[C@H]2C(=O)Nc2cc(Cl)ccc2Cl)c1. The molecule has 1 heterocycles. The van der Waals surface area contributed by atoms with Crippen molar-refractivity contribution in [2.24, 2.45) is 0 Å². The Hall–Kier alpha value is -2.13. The molecule has 1 atom stereocenters. The van der Waals surface area contributed by atoms with Gasteiger partial charge in [-0.2, -0.15) is 5.26 Å². The summed E-state index contributed by atoms with van der Waals surface area (Å²) >= 11 is 12.1. The third-order valence-corrected chi connectivity index (χ3v) is 4.97. The monoisotopic (exact) mass is 391 g/mol. The van der Waals surface area contributed by atoms with E-state index >= 15 is 0 Å². The minimum Gasteiger partial charge on any atom is -0.323 e. The van der Waals surface area contributed by atoms with E-state index in [-0.39, 0.29) is 18.3 Å². The van der Waals surface area contributed by atoms with Gasteiger partial charge in [-0.1, -0.05) is 23.2 Å². The van der Waals surface area contributed by atoms with Gasteiger partial charge in [-0.15, -0.1) is 0 Å². The van der Waals surface area contributed by atoms with E-state index in [9.17, 15) is 9.18 Å². The van der Waals surface area contributed by atoms with Crippen molar-refractivity contribution in [3.05, 3.63) is 63.4 Å². The number of carbonyl (C=O) groups excluding carboxylic acids is 1. The van der Waals surface area contributed by atoms with Crippen LogP contribution in [-0.4, -0.2) is 23.4 Å². The number of carbonyl (C=O) groups is 1. The Labute approximate surface area is 161 Å². The number of hydrogen-bond acceptors (Lipinski definition) is 3. The highest BCUT2D eigenvalue weighted by Gasteiger charge is 2.31. The highest BCUT2D eigenvalue weighted by molar-refractivity contribution is 6.35. The molecule has 0 unspecified atom stereocenters. The first-order valence-electron chi connectivity index (χ1n) is 8.16. The van der Waals surface area contributed by atoms with Gasteiger partial charge >= 0.3 is 0 Å². The first kappa shape index (κ1) is 18.7. The summed E-state index contributed by atoms with van der Waals surface area (Å²) in [5.74, 6) is -0.587. The first-order valence-corrected chi connectivity index (χ1v) is 8.92. The van der Waals surface area contributed by atoms with Crippen molar-refractivity contribution >= 4 is 34.8 Å². The van der Waals surface area contributed by atoms with Gasteiger partial charge in [-0.25, -0.2) is 4.39 Å². The van der Waals surface area contributed by atoms with Crippen LogP contribution < -0.4 is 5.32 Å². The van der Waals surface area contributed by atoms with Gasteiger partial charge in [-0.3, -0.25) is 9.69 Å². The zero-order valence-electron chi connectivity index (χ0n) is 13.8. The summed E-state index contributed by atoms with van der Waals surface area (Å²) in [6.45, 7) is 0.945. The van der Waals surface area contributed by atoms with Gasteiger partial charge in [0.1, 0.15) is 5.82 Å². The molecule has 0 bridgehead atoms. The molecule has 0 radical (unpaired) electrons. The molecule has 1 aliphatic heterocycles. The second kappa shape index (κ2) is 8.05. The number of hydrogen-bond donors (Lipinski definition) is 1. The summed E-state index contributed by atoms with van der Waals surface area (Å²) in [6, 6.07) is 10.7. The first-order chi connectivity index (χ1) is 12.5. The zero-order valence-corrected chi connectivity index (χ0v) is 15.3. The van der Waals surface area contributed by atoms with Crippen LogP contribution in [0.2, 0.25) is 10.0 Å². The number of anilines is 1. The van der Waals surface area contributed by atoms with Crippen molar-refractivity contribution in [2.75, 3.05) is 11.9 Å². The molecular weight excluding hydrogens is 376 g/mol. The van der Waals surface area contributed by atoms with Crippen molar-refractivity contribution in [1.82, 2.24) is 4.90 Å². The fraction of sp³-hybridized carbons (Fsp3) is 0.263. The lowest BCUT2D eigenvalue weighted by Crippen LogP contribution is -2.39. The van der Waals surface area contributed by atoms with Crippen molar-refractivity contribution in [3.63, 3.8) is 0 Å². The topological polar surface area (TPSA) is 56.1 Å². The lowest BCUT2D eigenvalue weighted by atomic mass is 10.1. The van der Waals surface area contributed by atoms with Gasteiger partial charge in [0.25, 0.3) is 0 Å². The van der Waals surface area contributed by atoms with Gasteiger partial charge in [0, 0.05) is 17.1 Å². The standard InChI is InChI=1S/C19H16Cl2FN3O/c20-14-4-5-15(21)17(9-14)24-19(26)18-2-1-7-25(18)11-13-8-12(10-23)3-6-16(13)22/h3-6,8-9,18H,1-2,7,11H2,(H,24,26)/t18-/m0/s1. The van der Waals surface area contributed by atoms with Crippen LogP contribution in [0.3, 0.4) is 0 Å². The number of likely N-dealkylation sites (tertiary alicyclic amines) is 1. The molecule has 4 nitrogen and oxygen atoms in total. The van der Waals surface area contributed by atoms with Crippen LogP contribution in [0.25, 0.3) is 0 Å². The Balaban J connectivity index is 1.75. The number of nitriles is 1. The molecule has 26 heavy (non-hydrogen) atoms. The summed E-state index contributed by atoms with van der Waals surface area (Å²) in [6.07, 6.45) is 1.50. The smallest absolute Gasteiger partial charge is 0.241 e. The molecular formula is C19H16Cl2FN3O. The molecule has 0 aromatic heterocycles. The summed E-state index contributed by atoms with van der Waals surface area (Å²) in [5.41, 5.74) is 1.26. The van der Waals surface area contributed by atoms with Gasteiger partial charge in [0.05, 0.1) is 28.4 Å². The fourth-order valence-corrected chi connectivity index (χ4v) is 3.44. The lowest BCUT2D eigenvalue weighted by Gasteiger charge is -2.24. The second-order valence-corrected chi connectivity index (χ2v) is 7.00. The molecule has 0 aliphatic carbocycles. The Morgan fingerprint density at radius 1 is 1.31 bits per heavy atom. The Kier molecular flexibility index (Phi) is 5.77. The predicted octanol–water partition coefficient (Wildman–Crippen LogP) is 4.61. The van der Waals surface area contributed by atoms with Crippen LogP contribution in [0.4, 0.5) is 10.1 Å². The number of nitrogens with one attached hydrogen (secondary N) is 1. The lowest BCUT2D eigenvalue weighted by molar-refractivity contribution is -0.120. The third kappa shape index (κ3) is 4.16. The van der Waals surface area contributed by atoms with E-state index in [0.29, 0.717) is 39.8 Å². The molecule has 0 spiro atoms. The van der Waals surface area contributed by atoms with Crippen molar-refractivity contribution in [2.45, 2.75) is 25.4 Å². The summed E-state index contributed by atoms with van der Waals surface area (Å²) < 4.78 is 14.1. The molecule has 1 N–H and O–H groups in total. The van der Waals surface area contributed by atoms with E-state index in [1.54, 1.807) is 18.2 Å². The largest absolute Gasteiger partial charge is 0.323 e. The molecule has 1 saturated heterocycles. The summed E-state index contributed by atoms with van der Waals surface area (Å²) in [7, 11) is 0. The van der Waals surface area contributed by atoms with Crippen molar-refractivity contribution < 1.29 is 9.18 Å². The Morgan fingerprint density at radius 3 is 2.88 bits per heavy atom. The highest BCUT2D eigenvalue weighted by Crippen LogP contribution is 2.28. The van der Waals surface area contributed by atoms with E-state index in [1.165, 1.54) is 18.2 Å². The van der Waals surface area contributed by atoms with Crippen LogP contribution in [0.1, 0.15) is 24.0 Å². The van der Waals surface area contributed by atoms with Crippen molar-refractivity contribution in [3.8, 4) is 6.07 Å². The molecule has 0 saturated carbocycles. The number of amides is 1. The minimum absolute atomic E-state index is 0.205. The van der Waals surface area contributed by atoms with E-state index in [4.69, 9.17) is 28.5 Å². The maximum Gasteiger partial charge on any atom is 0.241 e. The number of benzene rings is 2. The van der Waals surface area contributed by atoms with Gasteiger partial charge in [-0.05, 0) is 55.8 Å². The maximum absolute atomic E-state index is 14.1. The fourth-order valence-electron chi connectivity index (χ4n) is 3.11. The molecule has 7 heteroatoms. The predicted molar refractivity (Wildman–Crippen MR) is 99.6 cm³/mol. The third-order valence-electron chi connectivity index (χ3n) is 4.40. The normalized spacial score (nSPS) is 17.1. The minimum atomic E-state index is -0.393. The highest BCUT2D eigenvalue weighted by atomic mass is 35.5. The van der Waals surface area contributed by atoms with E-state index in [0.717, 1.165) is 6.42 Å². The molecule has 1 aliphatic rings. The Bertz CT molecular complexity index is 882. The number of halogens is 3.